The lowest BCUT2D eigenvalue weighted by Crippen LogP contribution is -2.57. The summed E-state index contributed by atoms with van der Waals surface area (Å²) in [5.41, 5.74) is 5.93. The highest BCUT2D eigenvalue weighted by molar-refractivity contribution is 7.89. The van der Waals surface area contributed by atoms with Crippen LogP contribution in [0.5, 0.6) is 0 Å². The van der Waals surface area contributed by atoms with Crippen molar-refractivity contribution in [2.75, 3.05) is 31.1 Å². The van der Waals surface area contributed by atoms with Crippen molar-refractivity contribution in [2.45, 2.75) is 17.9 Å². The van der Waals surface area contributed by atoms with E-state index in [0.717, 1.165) is 0 Å². The number of piperazine rings is 1. The number of amides is 1. The molecule has 0 aromatic heterocycles. The third-order valence-electron chi connectivity index (χ3n) is 3.37. The first-order valence-electron chi connectivity index (χ1n) is 6.82. The molecule has 1 heterocycles. The van der Waals surface area contributed by atoms with E-state index in [1.54, 1.807) is 30.0 Å². The number of nitrogens with one attached hydrogen (secondary N) is 2. The van der Waals surface area contributed by atoms with Crippen LogP contribution in [0.2, 0.25) is 0 Å². The Hall–Kier alpha value is -1.64. The van der Waals surface area contributed by atoms with Crippen LogP contribution >= 0.6 is 0 Å². The van der Waals surface area contributed by atoms with Crippen LogP contribution in [0.3, 0.4) is 0 Å². The molecule has 0 radical (unpaired) electrons. The average Bonchev–Trinajstić information content (AvgIpc) is 2.47. The SMILES string of the molecule is CCNS(=O)(=O)c1ccccc1N1CCNCC1C(N)=O. The number of benzene rings is 1. The molecule has 21 heavy (non-hydrogen) atoms. The maximum absolute atomic E-state index is 12.3. The number of hydrogen-bond acceptors (Lipinski definition) is 5. The fourth-order valence-corrected chi connectivity index (χ4v) is 3.69. The molecule has 1 amide bonds. The van der Waals surface area contributed by atoms with Gasteiger partial charge in [0.05, 0.1) is 5.69 Å². The maximum Gasteiger partial charge on any atom is 0.242 e. The Bertz CT molecular complexity index is 618. The van der Waals surface area contributed by atoms with E-state index in [0.29, 0.717) is 31.9 Å². The van der Waals surface area contributed by atoms with Crippen LogP contribution in [0.25, 0.3) is 0 Å². The monoisotopic (exact) mass is 312 g/mol. The van der Waals surface area contributed by atoms with Crippen molar-refractivity contribution in [3.05, 3.63) is 24.3 Å². The smallest absolute Gasteiger partial charge is 0.242 e. The van der Waals surface area contributed by atoms with E-state index in [2.05, 4.69) is 10.0 Å². The lowest BCUT2D eigenvalue weighted by molar-refractivity contribution is -0.119. The minimum atomic E-state index is -3.60. The molecule has 0 spiro atoms. The molecule has 0 saturated carbocycles. The van der Waals surface area contributed by atoms with Gasteiger partial charge in [-0.3, -0.25) is 4.79 Å². The zero-order valence-electron chi connectivity index (χ0n) is 11.9. The molecule has 1 fully saturated rings. The van der Waals surface area contributed by atoms with Crippen LogP contribution in [0.15, 0.2) is 29.2 Å². The van der Waals surface area contributed by atoms with Crippen molar-refractivity contribution in [1.29, 1.82) is 0 Å². The van der Waals surface area contributed by atoms with E-state index >= 15 is 0 Å². The highest BCUT2D eigenvalue weighted by Crippen LogP contribution is 2.27. The molecule has 1 aliphatic rings. The summed E-state index contributed by atoms with van der Waals surface area (Å²) in [6.45, 7) is 3.62. The minimum absolute atomic E-state index is 0.167. The third-order valence-corrected chi connectivity index (χ3v) is 4.96. The number of primary amides is 1. The maximum atomic E-state index is 12.3. The molecule has 1 saturated heterocycles. The number of para-hydroxylation sites is 1. The molecule has 0 aliphatic carbocycles. The Morgan fingerprint density at radius 2 is 2.19 bits per heavy atom. The van der Waals surface area contributed by atoms with Gasteiger partial charge in [0.1, 0.15) is 10.9 Å². The van der Waals surface area contributed by atoms with Gasteiger partial charge in [-0.15, -0.1) is 0 Å². The van der Waals surface area contributed by atoms with E-state index in [1.165, 1.54) is 6.07 Å². The molecule has 2 rings (SSSR count). The van der Waals surface area contributed by atoms with Gasteiger partial charge in [-0.1, -0.05) is 19.1 Å². The molecule has 7 nitrogen and oxygen atoms in total. The number of anilines is 1. The number of sulfonamides is 1. The normalized spacial score (nSPS) is 19.5. The van der Waals surface area contributed by atoms with Gasteiger partial charge in [0.25, 0.3) is 0 Å². The Morgan fingerprint density at radius 3 is 2.86 bits per heavy atom. The standard InChI is InChI=1S/C13H20N4O3S/c1-2-16-21(19,20)12-6-4-3-5-10(12)17-8-7-15-9-11(17)13(14)18/h3-6,11,15-16H,2,7-9H2,1H3,(H2,14,18). The Kier molecular flexibility index (Phi) is 4.81. The van der Waals surface area contributed by atoms with Gasteiger partial charge in [0.15, 0.2) is 0 Å². The van der Waals surface area contributed by atoms with Crippen molar-refractivity contribution >= 4 is 21.6 Å². The Labute approximate surface area is 124 Å². The third kappa shape index (κ3) is 3.34. The van der Waals surface area contributed by atoms with E-state index in [-0.39, 0.29) is 4.90 Å². The van der Waals surface area contributed by atoms with Crippen molar-refractivity contribution in [3.63, 3.8) is 0 Å². The first kappa shape index (κ1) is 15.7. The topological polar surface area (TPSA) is 105 Å². The van der Waals surface area contributed by atoms with Crippen LogP contribution in [0.1, 0.15) is 6.92 Å². The quantitative estimate of drug-likeness (QED) is 0.663. The van der Waals surface area contributed by atoms with Crippen molar-refractivity contribution in [2.24, 2.45) is 5.73 Å². The average molecular weight is 312 g/mol. The minimum Gasteiger partial charge on any atom is -0.368 e. The van der Waals surface area contributed by atoms with Crippen molar-refractivity contribution in [3.8, 4) is 0 Å². The van der Waals surface area contributed by atoms with Gasteiger partial charge in [-0.25, -0.2) is 13.1 Å². The lowest BCUT2D eigenvalue weighted by atomic mass is 10.1. The fraction of sp³-hybridized carbons (Fsp3) is 0.462. The number of nitrogens with two attached hydrogens (primary N) is 1. The highest BCUT2D eigenvalue weighted by atomic mass is 32.2. The summed E-state index contributed by atoms with van der Waals surface area (Å²) in [7, 11) is -3.60. The van der Waals surface area contributed by atoms with E-state index in [9.17, 15) is 13.2 Å². The van der Waals surface area contributed by atoms with Crippen LogP contribution in [0.4, 0.5) is 5.69 Å². The van der Waals surface area contributed by atoms with Gasteiger partial charge in [-0.2, -0.15) is 0 Å². The fourth-order valence-electron chi connectivity index (χ4n) is 2.44. The molecule has 8 heteroatoms. The second-order valence-corrected chi connectivity index (χ2v) is 6.52. The van der Waals surface area contributed by atoms with E-state index in [1.807, 2.05) is 0 Å². The largest absolute Gasteiger partial charge is 0.368 e. The second-order valence-electron chi connectivity index (χ2n) is 4.78. The molecular weight excluding hydrogens is 292 g/mol. The Balaban J connectivity index is 2.46. The summed E-state index contributed by atoms with van der Waals surface area (Å²) in [4.78, 5) is 13.5. The summed E-state index contributed by atoms with van der Waals surface area (Å²) in [6.07, 6.45) is 0. The predicted octanol–water partition coefficient (Wildman–Crippen LogP) is -0.752. The van der Waals surface area contributed by atoms with Crippen LogP contribution < -0.4 is 20.7 Å². The molecular formula is C13H20N4O3S. The summed E-state index contributed by atoms with van der Waals surface area (Å²) >= 11 is 0. The zero-order chi connectivity index (χ0) is 15.5. The molecule has 4 N–H and O–H groups in total. The molecule has 1 atom stereocenters. The van der Waals surface area contributed by atoms with Crippen molar-refractivity contribution < 1.29 is 13.2 Å². The van der Waals surface area contributed by atoms with Gasteiger partial charge in [0, 0.05) is 26.2 Å². The first-order chi connectivity index (χ1) is 9.97. The molecule has 1 aromatic rings. The van der Waals surface area contributed by atoms with Crippen LogP contribution in [-0.2, 0) is 14.8 Å². The predicted molar refractivity (Wildman–Crippen MR) is 80.5 cm³/mol. The van der Waals surface area contributed by atoms with Crippen LogP contribution in [-0.4, -0.2) is 46.5 Å². The number of carbonyl (C=O) groups excluding carboxylic acids is 1. The summed E-state index contributed by atoms with van der Waals surface area (Å²) in [5, 5.41) is 3.09. The Morgan fingerprint density at radius 1 is 1.48 bits per heavy atom. The number of rotatable bonds is 5. The van der Waals surface area contributed by atoms with Crippen molar-refractivity contribution in [1.82, 2.24) is 10.0 Å². The lowest BCUT2D eigenvalue weighted by Gasteiger charge is -2.36. The highest BCUT2D eigenvalue weighted by Gasteiger charge is 2.30. The summed E-state index contributed by atoms with van der Waals surface area (Å²) in [5.74, 6) is -0.474. The number of nitrogens with zero attached hydrogens (tertiary/aromatic N) is 1. The van der Waals surface area contributed by atoms with Gasteiger partial charge < -0.3 is 16.0 Å². The molecule has 1 unspecified atom stereocenters. The summed E-state index contributed by atoms with van der Waals surface area (Å²) in [6, 6.07) is 6.09. The zero-order valence-corrected chi connectivity index (χ0v) is 12.7. The second kappa shape index (κ2) is 6.42. The molecule has 1 aliphatic heterocycles. The van der Waals surface area contributed by atoms with Crippen LogP contribution in [0, 0.1) is 0 Å². The van der Waals surface area contributed by atoms with E-state index in [4.69, 9.17) is 5.73 Å². The molecule has 0 bridgehead atoms. The molecule has 1 aromatic carbocycles. The van der Waals surface area contributed by atoms with Gasteiger partial charge in [0.2, 0.25) is 15.9 Å². The summed E-state index contributed by atoms with van der Waals surface area (Å²) < 4.78 is 27.1. The first-order valence-corrected chi connectivity index (χ1v) is 8.31. The van der Waals surface area contributed by atoms with Gasteiger partial charge in [-0.05, 0) is 12.1 Å². The molecule has 116 valence electrons. The van der Waals surface area contributed by atoms with E-state index < -0.39 is 22.0 Å². The number of hydrogen-bond donors (Lipinski definition) is 3. The number of carbonyl (C=O) groups is 1. The van der Waals surface area contributed by atoms with Gasteiger partial charge >= 0.3 is 0 Å².